The van der Waals surface area contributed by atoms with Crippen molar-refractivity contribution < 1.29 is 9.29 Å². The smallest absolute Gasteiger partial charge is 0.140 e. The van der Waals surface area contributed by atoms with Crippen LogP contribution >= 0.6 is 12.0 Å². The third-order valence-corrected chi connectivity index (χ3v) is 2.96. The third kappa shape index (κ3) is 3.68. The molecule has 0 spiro atoms. The lowest BCUT2D eigenvalue weighted by Gasteiger charge is -2.13. The summed E-state index contributed by atoms with van der Waals surface area (Å²) < 4.78 is 4.99. The summed E-state index contributed by atoms with van der Waals surface area (Å²) >= 11 is 1.13. The molecule has 0 atom stereocenters. The first-order valence-electron chi connectivity index (χ1n) is 5.47. The molecule has 0 fully saturated rings. The number of rotatable bonds is 5. The van der Waals surface area contributed by atoms with Crippen LogP contribution in [-0.4, -0.2) is 12.2 Å². The number of phenols is 1. The second kappa shape index (κ2) is 5.98. The number of phenolic OH excluding ortho intramolecular Hbond substituents is 1. The highest BCUT2D eigenvalue weighted by Crippen LogP contribution is 2.35. The van der Waals surface area contributed by atoms with Crippen LogP contribution in [0.1, 0.15) is 25.0 Å². The van der Waals surface area contributed by atoms with Crippen molar-refractivity contribution in [3.05, 3.63) is 29.8 Å². The van der Waals surface area contributed by atoms with Crippen LogP contribution in [0.15, 0.2) is 23.6 Å². The van der Waals surface area contributed by atoms with Gasteiger partial charge in [-0.1, -0.05) is 20.4 Å². The Morgan fingerprint density at radius 1 is 1.53 bits per heavy atom. The summed E-state index contributed by atoms with van der Waals surface area (Å²) in [5, 5.41) is 10.0. The van der Waals surface area contributed by atoms with Crippen molar-refractivity contribution in [3.8, 4) is 5.75 Å². The fraction of sp³-hybridized carbons (Fsp3) is 0.385. The Morgan fingerprint density at radius 2 is 2.18 bits per heavy atom. The van der Waals surface area contributed by atoms with E-state index in [2.05, 4.69) is 20.4 Å². The average molecular weight is 253 g/mol. The van der Waals surface area contributed by atoms with E-state index in [-0.39, 0.29) is 5.75 Å². The van der Waals surface area contributed by atoms with Gasteiger partial charge in [-0.3, -0.25) is 0 Å². The highest BCUT2D eigenvalue weighted by atomic mass is 32.2. The van der Waals surface area contributed by atoms with Crippen molar-refractivity contribution in [2.24, 2.45) is 11.7 Å². The van der Waals surface area contributed by atoms with E-state index in [1.54, 1.807) is 7.11 Å². The monoisotopic (exact) mass is 253 g/mol. The molecular weight excluding hydrogens is 234 g/mol. The van der Waals surface area contributed by atoms with Crippen LogP contribution in [-0.2, 0) is 10.6 Å². The second-order valence-electron chi connectivity index (χ2n) is 4.36. The first-order chi connectivity index (χ1) is 7.95. The van der Waals surface area contributed by atoms with Gasteiger partial charge in [0.1, 0.15) is 5.75 Å². The van der Waals surface area contributed by atoms with Crippen LogP contribution in [0.25, 0.3) is 5.70 Å². The van der Waals surface area contributed by atoms with Crippen LogP contribution in [0.4, 0.5) is 0 Å². The van der Waals surface area contributed by atoms with Gasteiger partial charge in [0, 0.05) is 23.3 Å². The van der Waals surface area contributed by atoms with Crippen LogP contribution in [0, 0.1) is 5.92 Å². The predicted molar refractivity (Wildman–Crippen MR) is 72.7 cm³/mol. The van der Waals surface area contributed by atoms with E-state index in [9.17, 15) is 5.11 Å². The Morgan fingerprint density at radius 3 is 2.65 bits per heavy atom. The fourth-order valence-corrected chi connectivity index (χ4v) is 2.22. The van der Waals surface area contributed by atoms with Gasteiger partial charge in [-0.2, -0.15) is 0 Å². The van der Waals surface area contributed by atoms with Crippen molar-refractivity contribution in [3.63, 3.8) is 0 Å². The third-order valence-electron chi connectivity index (χ3n) is 2.30. The molecule has 3 N–H and O–H groups in total. The number of nitrogens with two attached hydrogens (primary N) is 1. The molecule has 0 aliphatic carbocycles. The number of hydrogen-bond donors (Lipinski definition) is 2. The van der Waals surface area contributed by atoms with Crippen LogP contribution < -0.4 is 5.73 Å². The van der Waals surface area contributed by atoms with Gasteiger partial charge in [0.25, 0.3) is 0 Å². The van der Waals surface area contributed by atoms with Gasteiger partial charge in [0.2, 0.25) is 0 Å². The van der Waals surface area contributed by atoms with E-state index >= 15 is 0 Å². The van der Waals surface area contributed by atoms with Gasteiger partial charge in [-0.25, -0.2) is 0 Å². The molecule has 0 saturated heterocycles. The van der Waals surface area contributed by atoms with Crippen LogP contribution in [0.3, 0.4) is 0 Å². The highest BCUT2D eigenvalue weighted by molar-refractivity contribution is 7.94. The van der Waals surface area contributed by atoms with Crippen LogP contribution in [0.2, 0.25) is 0 Å². The summed E-state index contributed by atoms with van der Waals surface area (Å²) in [6, 6.07) is 3.81. The first-order valence-corrected chi connectivity index (χ1v) is 6.21. The van der Waals surface area contributed by atoms with Crippen molar-refractivity contribution in [2.45, 2.75) is 25.2 Å². The fourth-order valence-electron chi connectivity index (χ4n) is 1.65. The zero-order chi connectivity index (χ0) is 13.0. The van der Waals surface area contributed by atoms with E-state index in [0.717, 1.165) is 24.0 Å². The number of hydrogen-bond acceptors (Lipinski definition) is 4. The van der Waals surface area contributed by atoms with Gasteiger partial charge in [-0.05, 0) is 30.0 Å². The van der Waals surface area contributed by atoms with Gasteiger partial charge in [0.05, 0.1) is 12.0 Å². The molecular formula is C13H19NO2S. The molecule has 0 radical (unpaired) electrons. The molecule has 1 aromatic rings. The van der Waals surface area contributed by atoms with Gasteiger partial charge < -0.3 is 15.0 Å². The minimum atomic E-state index is 0.136. The maximum atomic E-state index is 10.0. The van der Waals surface area contributed by atoms with Crippen molar-refractivity contribution in [1.29, 1.82) is 0 Å². The quantitative estimate of drug-likeness (QED) is 0.791. The number of benzene rings is 1. The van der Waals surface area contributed by atoms with Gasteiger partial charge in [-0.15, -0.1) is 0 Å². The molecule has 3 nitrogen and oxygen atoms in total. The first kappa shape index (κ1) is 13.9. The molecule has 0 bridgehead atoms. The van der Waals surface area contributed by atoms with Gasteiger partial charge >= 0.3 is 0 Å². The largest absolute Gasteiger partial charge is 0.506 e. The molecule has 0 aromatic heterocycles. The Bertz CT molecular complexity index is 416. The molecule has 0 unspecified atom stereocenters. The van der Waals surface area contributed by atoms with E-state index in [1.165, 1.54) is 0 Å². The molecule has 1 rings (SSSR count). The van der Waals surface area contributed by atoms with E-state index in [1.807, 2.05) is 12.1 Å². The van der Waals surface area contributed by atoms with Crippen molar-refractivity contribution in [2.75, 3.05) is 7.11 Å². The normalized spacial score (nSPS) is 10.8. The summed E-state index contributed by atoms with van der Waals surface area (Å²) in [4.78, 5) is 0.673. The van der Waals surface area contributed by atoms with Gasteiger partial charge in [0.15, 0.2) is 0 Å². The summed E-state index contributed by atoms with van der Waals surface area (Å²) in [6.07, 6.45) is 0.928. The number of aromatic hydroxyl groups is 1. The molecule has 4 heteroatoms. The lowest BCUT2D eigenvalue weighted by molar-refractivity contribution is 0.451. The Hall–Kier alpha value is -1.13. The Labute approximate surface area is 107 Å². The lowest BCUT2D eigenvalue weighted by Crippen LogP contribution is -2.00. The second-order valence-corrected chi connectivity index (χ2v) is 5.30. The molecule has 1 aromatic carbocycles. The standard InChI is InChI=1S/C13H19NO2S/c1-8(2)5-10-6-11(9(3)14)13(15)12(7-10)17-16-4/h6-8,15H,3,5,14H2,1-2,4H3. The van der Waals surface area contributed by atoms with E-state index in [0.29, 0.717) is 22.1 Å². The molecule has 0 heterocycles. The maximum absolute atomic E-state index is 10.0. The Kier molecular flexibility index (Phi) is 4.90. The highest BCUT2D eigenvalue weighted by Gasteiger charge is 2.12. The topological polar surface area (TPSA) is 55.5 Å². The minimum Gasteiger partial charge on any atom is -0.506 e. The van der Waals surface area contributed by atoms with Crippen LogP contribution in [0.5, 0.6) is 5.75 Å². The van der Waals surface area contributed by atoms with E-state index in [4.69, 9.17) is 9.92 Å². The molecule has 0 aliphatic heterocycles. The molecule has 0 aliphatic rings. The lowest BCUT2D eigenvalue weighted by atomic mass is 9.99. The zero-order valence-electron chi connectivity index (χ0n) is 10.5. The summed E-state index contributed by atoms with van der Waals surface area (Å²) in [5.74, 6) is 0.677. The van der Waals surface area contributed by atoms with Crippen molar-refractivity contribution >= 4 is 17.7 Å². The average Bonchev–Trinajstić information content (AvgIpc) is 2.21. The zero-order valence-corrected chi connectivity index (χ0v) is 11.3. The van der Waals surface area contributed by atoms with Crippen molar-refractivity contribution in [1.82, 2.24) is 0 Å². The maximum Gasteiger partial charge on any atom is 0.140 e. The predicted octanol–water partition coefficient (Wildman–Crippen LogP) is 3.17. The Balaban J connectivity index is 3.21. The minimum absolute atomic E-state index is 0.136. The molecule has 17 heavy (non-hydrogen) atoms. The molecule has 94 valence electrons. The SMILES string of the molecule is C=C(N)c1cc(CC(C)C)cc(SOC)c1O. The molecule has 0 saturated carbocycles. The summed E-state index contributed by atoms with van der Waals surface area (Å²) in [6.45, 7) is 7.97. The summed E-state index contributed by atoms with van der Waals surface area (Å²) in [5.41, 5.74) is 7.75. The molecule has 0 amide bonds. The summed E-state index contributed by atoms with van der Waals surface area (Å²) in [7, 11) is 1.57. The van der Waals surface area contributed by atoms with E-state index < -0.39 is 0 Å².